The molecule has 144 valence electrons. The number of halogens is 1. The van der Waals surface area contributed by atoms with E-state index in [9.17, 15) is 4.79 Å². The summed E-state index contributed by atoms with van der Waals surface area (Å²) in [7, 11) is 1.71. The molecule has 7 nitrogen and oxygen atoms in total. The van der Waals surface area contributed by atoms with Gasteiger partial charge in [-0.1, -0.05) is 23.4 Å². The maximum absolute atomic E-state index is 13.1. The average Bonchev–Trinajstić information content (AvgIpc) is 2.80. The van der Waals surface area contributed by atoms with Gasteiger partial charge in [-0.3, -0.25) is 4.79 Å². The summed E-state index contributed by atoms with van der Waals surface area (Å²) < 4.78 is 0. The van der Waals surface area contributed by atoms with E-state index < -0.39 is 0 Å². The molecule has 1 aliphatic heterocycles. The first kappa shape index (κ1) is 18.7. The molecule has 0 unspecified atom stereocenters. The summed E-state index contributed by atoms with van der Waals surface area (Å²) in [6.07, 6.45) is 3.24. The lowest BCUT2D eigenvalue weighted by Crippen LogP contribution is -2.25. The molecule has 1 amide bonds. The minimum Gasteiger partial charge on any atom is -0.384 e. The molecule has 0 radical (unpaired) electrons. The zero-order chi connectivity index (χ0) is 20.5. The Bertz CT molecular complexity index is 1180. The monoisotopic (exact) mass is 404 g/mol. The zero-order valence-corrected chi connectivity index (χ0v) is 16.6. The number of nitrogen functional groups attached to an aromatic ring is 1. The van der Waals surface area contributed by atoms with Crippen molar-refractivity contribution in [3.05, 3.63) is 64.6 Å². The van der Waals surface area contributed by atoms with Gasteiger partial charge in [0.15, 0.2) is 5.82 Å². The van der Waals surface area contributed by atoms with Gasteiger partial charge in [0, 0.05) is 37.1 Å². The lowest BCUT2D eigenvalue weighted by molar-refractivity contribution is 0.0994. The maximum Gasteiger partial charge on any atom is 0.261 e. The molecule has 4 heterocycles. The van der Waals surface area contributed by atoms with E-state index in [1.54, 1.807) is 54.7 Å². The van der Waals surface area contributed by atoms with E-state index in [1.165, 1.54) is 0 Å². The molecule has 4 rings (SSSR count). The van der Waals surface area contributed by atoms with Gasteiger partial charge in [0.2, 0.25) is 0 Å². The molecule has 0 aliphatic carbocycles. The van der Waals surface area contributed by atoms with Crippen molar-refractivity contribution in [3.8, 4) is 11.8 Å². The normalized spacial score (nSPS) is 12.6. The molecule has 1 aliphatic rings. The first-order valence-corrected chi connectivity index (χ1v) is 9.31. The summed E-state index contributed by atoms with van der Waals surface area (Å²) in [5.74, 6) is 7.38. The van der Waals surface area contributed by atoms with E-state index in [4.69, 9.17) is 17.3 Å². The van der Waals surface area contributed by atoms with Crippen molar-refractivity contribution in [3.63, 3.8) is 0 Å². The molecule has 0 aromatic carbocycles. The second kappa shape index (κ2) is 7.41. The lowest BCUT2D eigenvalue weighted by Gasteiger charge is -2.22. The molecule has 0 spiro atoms. The Morgan fingerprint density at radius 3 is 2.66 bits per heavy atom. The van der Waals surface area contributed by atoms with Gasteiger partial charge >= 0.3 is 0 Å². The zero-order valence-electron chi connectivity index (χ0n) is 15.8. The molecule has 0 fully saturated rings. The molecular formula is C21H17ClN6O. The molecule has 2 N–H and O–H groups in total. The quantitative estimate of drug-likeness (QED) is 0.494. The van der Waals surface area contributed by atoms with Crippen LogP contribution in [0.3, 0.4) is 0 Å². The maximum atomic E-state index is 13.1. The molecular weight excluding hydrogens is 388 g/mol. The van der Waals surface area contributed by atoms with Crippen LogP contribution in [0.25, 0.3) is 0 Å². The van der Waals surface area contributed by atoms with Crippen LogP contribution in [0.4, 0.5) is 23.1 Å². The number of carbonyl (C=O) groups is 1. The van der Waals surface area contributed by atoms with Crippen LogP contribution in [0.2, 0.25) is 5.15 Å². The van der Waals surface area contributed by atoms with Crippen LogP contribution in [0.15, 0.2) is 42.7 Å². The van der Waals surface area contributed by atoms with Crippen LogP contribution in [-0.4, -0.2) is 34.5 Å². The van der Waals surface area contributed by atoms with Crippen LogP contribution in [0.5, 0.6) is 0 Å². The molecule has 3 aromatic rings. The third-order valence-electron chi connectivity index (χ3n) is 4.54. The SMILES string of the molecule is CCN1c2ncc(C#Cc3ccnc(N)c3)cc2C(=O)N(C)c2ccc(Cl)nc21. The number of nitrogens with zero attached hydrogens (tertiary/aromatic N) is 5. The van der Waals surface area contributed by atoms with Crippen LogP contribution >= 0.6 is 11.6 Å². The molecule has 0 saturated heterocycles. The largest absolute Gasteiger partial charge is 0.384 e. The summed E-state index contributed by atoms with van der Waals surface area (Å²) in [6.45, 7) is 2.54. The fourth-order valence-electron chi connectivity index (χ4n) is 3.14. The van der Waals surface area contributed by atoms with Gasteiger partial charge < -0.3 is 15.5 Å². The van der Waals surface area contributed by atoms with E-state index >= 15 is 0 Å². The minimum absolute atomic E-state index is 0.189. The number of aromatic nitrogens is 3. The van der Waals surface area contributed by atoms with Crippen LogP contribution in [-0.2, 0) is 0 Å². The lowest BCUT2D eigenvalue weighted by atomic mass is 10.1. The molecule has 8 heteroatoms. The van der Waals surface area contributed by atoms with E-state index in [0.717, 1.165) is 5.56 Å². The van der Waals surface area contributed by atoms with E-state index in [1.807, 2.05) is 11.8 Å². The average molecular weight is 405 g/mol. The van der Waals surface area contributed by atoms with Crippen molar-refractivity contribution in [2.45, 2.75) is 6.92 Å². The summed E-state index contributed by atoms with van der Waals surface area (Å²) in [5, 5.41) is 0.352. The Morgan fingerprint density at radius 1 is 1.10 bits per heavy atom. The number of carbonyl (C=O) groups excluding carboxylic acids is 1. The highest BCUT2D eigenvalue weighted by Gasteiger charge is 2.30. The minimum atomic E-state index is -0.189. The highest BCUT2D eigenvalue weighted by molar-refractivity contribution is 6.29. The number of anilines is 4. The predicted octanol–water partition coefficient (Wildman–Crippen LogP) is 3.26. The molecule has 0 bridgehead atoms. The summed E-state index contributed by atoms with van der Waals surface area (Å²) >= 11 is 6.11. The Morgan fingerprint density at radius 2 is 1.90 bits per heavy atom. The number of nitrogens with two attached hydrogens (primary N) is 1. The van der Waals surface area contributed by atoms with Crippen molar-refractivity contribution in [2.24, 2.45) is 0 Å². The van der Waals surface area contributed by atoms with Crippen molar-refractivity contribution in [1.82, 2.24) is 15.0 Å². The fourth-order valence-corrected chi connectivity index (χ4v) is 3.28. The number of hydrogen-bond donors (Lipinski definition) is 1. The number of amides is 1. The first-order chi connectivity index (χ1) is 14.0. The Balaban J connectivity index is 1.81. The van der Waals surface area contributed by atoms with Crippen molar-refractivity contribution >= 4 is 40.6 Å². The summed E-state index contributed by atoms with van der Waals surface area (Å²) in [4.78, 5) is 29.5. The van der Waals surface area contributed by atoms with Crippen LogP contribution < -0.4 is 15.5 Å². The second-order valence-corrected chi connectivity index (χ2v) is 6.79. The Labute approximate surface area is 173 Å². The third kappa shape index (κ3) is 3.46. The van der Waals surface area contributed by atoms with Crippen LogP contribution in [0, 0.1) is 11.8 Å². The van der Waals surface area contributed by atoms with Gasteiger partial charge in [0.05, 0.1) is 11.3 Å². The smallest absolute Gasteiger partial charge is 0.261 e. The van der Waals surface area contributed by atoms with Gasteiger partial charge in [0.1, 0.15) is 16.8 Å². The number of fused-ring (bicyclic) bond motifs is 2. The van der Waals surface area contributed by atoms with Gasteiger partial charge in [0.25, 0.3) is 5.91 Å². The molecule has 0 atom stereocenters. The van der Waals surface area contributed by atoms with E-state index in [0.29, 0.717) is 46.0 Å². The summed E-state index contributed by atoms with van der Waals surface area (Å²) in [6, 6.07) is 8.65. The highest BCUT2D eigenvalue weighted by Crippen LogP contribution is 2.38. The van der Waals surface area contributed by atoms with Gasteiger partial charge in [-0.15, -0.1) is 0 Å². The standard InChI is InChI=1S/C21H17ClN6O/c1-3-28-19-15(21(29)27(2)16-6-7-17(22)26-20(16)28)10-14(12-25-19)5-4-13-8-9-24-18(23)11-13/h6-12H,3H2,1-2H3,(H2,23,24). The van der Waals surface area contributed by atoms with Gasteiger partial charge in [-0.2, -0.15) is 0 Å². The molecule has 29 heavy (non-hydrogen) atoms. The predicted molar refractivity (Wildman–Crippen MR) is 114 cm³/mol. The van der Waals surface area contributed by atoms with Crippen molar-refractivity contribution in [1.29, 1.82) is 0 Å². The van der Waals surface area contributed by atoms with Crippen LogP contribution in [0.1, 0.15) is 28.4 Å². The van der Waals surface area contributed by atoms with Gasteiger partial charge in [-0.05, 0) is 37.3 Å². The van der Waals surface area contributed by atoms with Crippen molar-refractivity contribution < 1.29 is 4.79 Å². The van der Waals surface area contributed by atoms with Crippen molar-refractivity contribution in [2.75, 3.05) is 29.1 Å². The van der Waals surface area contributed by atoms with Gasteiger partial charge in [-0.25, -0.2) is 15.0 Å². The molecule has 3 aromatic heterocycles. The fraction of sp³-hybridized carbons (Fsp3) is 0.143. The highest BCUT2D eigenvalue weighted by atomic mass is 35.5. The third-order valence-corrected chi connectivity index (χ3v) is 4.75. The van der Waals surface area contributed by atoms with E-state index in [-0.39, 0.29) is 5.91 Å². The first-order valence-electron chi connectivity index (χ1n) is 8.93. The number of rotatable bonds is 1. The number of pyridine rings is 3. The molecule has 0 saturated carbocycles. The Hall–Kier alpha value is -3.63. The number of hydrogen-bond acceptors (Lipinski definition) is 6. The summed E-state index contributed by atoms with van der Waals surface area (Å²) in [5.41, 5.74) is 8.16. The Kier molecular flexibility index (Phi) is 4.79. The topological polar surface area (TPSA) is 88.2 Å². The van der Waals surface area contributed by atoms with E-state index in [2.05, 4.69) is 26.8 Å². The second-order valence-electron chi connectivity index (χ2n) is 6.40.